The van der Waals surface area contributed by atoms with Gasteiger partial charge in [-0.15, -0.1) is 0 Å². The molecule has 1 saturated carbocycles. The van der Waals surface area contributed by atoms with E-state index in [0.717, 1.165) is 18.2 Å². The van der Waals surface area contributed by atoms with Crippen molar-refractivity contribution in [3.05, 3.63) is 33.3 Å². The second-order valence-corrected chi connectivity index (χ2v) is 6.67. The molecule has 0 heterocycles. The Morgan fingerprint density at radius 3 is 2.48 bits per heavy atom. The van der Waals surface area contributed by atoms with Crippen LogP contribution in [0.2, 0.25) is 5.02 Å². The highest BCUT2D eigenvalue weighted by molar-refractivity contribution is 9.09. The van der Waals surface area contributed by atoms with Crippen LogP contribution >= 0.6 is 27.5 Å². The molecule has 6 heteroatoms. The summed E-state index contributed by atoms with van der Waals surface area (Å²) in [4.78, 5) is 10.3. The van der Waals surface area contributed by atoms with Gasteiger partial charge in [0, 0.05) is 22.9 Å². The molecule has 0 bridgehead atoms. The Balaban J connectivity index is 2.04. The summed E-state index contributed by atoms with van der Waals surface area (Å²) in [6.07, 6.45) is 7.35. The number of hydrogen-bond donors (Lipinski definition) is 0. The molecule has 116 valence electrons. The Kier molecular flexibility index (Phi) is 5.88. The van der Waals surface area contributed by atoms with Gasteiger partial charge in [0.05, 0.1) is 11.5 Å². The van der Waals surface area contributed by atoms with E-state index in [2.05, 4.69) is 15.9 Å². The van der Waals surface area contributed by atoms with E-state index in [-0.39, 0.29) is 16.1 Å². The third-order valence-electron chi connectivity index (χ3n) is 4.11. The van der Waals surface area contributed by atoms with Crippen LogP contribution in [0, 0.1) is 15.5 Å². The predicted molar refractivity (Wildman–Crippen MR) is 87.5 cm³/mol. The molecule has 0 saturated heterocycles. The summed E-state index contributed by atoms with van der Waals surface area (Å²) in [5, 5.41) is 11.8. The molecule has 1 fully saturated rings. The standard InChI is InChI=1S/C15H19BrClNO3/c16-10-15(7-3-1-2-4-8-15)11-21-12-5-6-14(18(19)20)13(17)9-12/h5-6,9H,1-4,7-8,10-11H2. The normalized spacial score (nSPS) is 18.0. The summed E-state index contributed by atoms with van der Waals surface area (Å²) < 4.78 is 5.87. The first-order chi connectivity index (χ1) is 10.1. The molecule has 1 aromatic rings. The lowest BCUT2D eigenvalue weighted by molar-refractivity contribution is -0.384. The first-order valence-electron chi connectivity index (χ1n) is 7.19. The summed E-state index contributed by atoms with van der Waals surface area (Å²) in [6, 6.07) is 4.53. The van der Waals surface area contributed by atoms with Crippen molar-refractivity contribution in [1.29, 1.82) is 0 Å². The first-order valence-corrected chi connectivity index (χ1v) is 8.69. The number of hydrogen-bond acceptors (Lipinski definition) is 3. The molecule has 0 unspecified atom stereocenters. The van der Waals surface area contributed by atoms with E-state index in [1.54, 1.807) is 6.07 Å². The van der Waals surface area contributed by atoms with Crippen LogP contribution in [0.3, 0.4) is 0 Å². The fraction of sp³-hybridized carbons (Fsp3) is 0.600. The number of nitro groups is 1. The molecule has 0 N–H and O–H groups in total. The molecule has 21 heavy (non-hydrogen) atoms. The van der Waals surface area contributed by atoms with Gasteiger partial charge in [-0.25, -0.2) is 0 Å². The van der Waals surface area contributed by atoms with Crippen molar-refractivity contribution in [2.24, 2.45) is 5.41 Å². The third-order valence-corrected chi connectivity index (χ3v) is 5.60. The highest BCUT2D eigenvalue weighted by Gasteiger charge is 2.31. The van der Waals surface area contributed by atoms with E-state index < -0.39 is 4.92 Å². The van der Waals surface area contributed by atoms with Crippen LogP contribution in [0.5, 0.6) is 5.75 Å². The molecule has 0 aromatic heterocycles. The van der Waals surface area contributed by atoms with Crippen LogP contribution in [-0.4, -0.2) is 16.9 Å². The fourth-order valence-electron chi connectivity index (χ4n) is 2.76. The smallest absolute Gasteiger partial charge is 0.288 e. The maximum Gasteiger partial charge on any atom is 0.288 e. The monoisotopic (exact) mass is 375 g/mol. The van der Waals surface area contributed by atoms with Gasteiger partial charge in [-0.3, -0.25) is 10.1 Å². The van der Waals surface area contributed by atoms with Crippen molar-refractivity contribution in [3.63, 3.8) is 0 Å². The molecule has 0 radical (unpaired) electrons. The summed E-state index contributed by atoms with van der Waals surface area (Å²) in [7, 11) is 0. The molecule has 0 aliphatic heterocycles. The highest BCUT2D eigenvalue weighted by Crippen LogP contribution is 2.38. The fourth-order valence-corrected chi connectivity index (χ4v) is 3.72. The summed E-state index contributed by atoms with van der Waals surface area (Å²) in [5.74, 6) is 0.593. The lowest BCUT2D eigenvalue weighted by atomic mass is 9.83. The quantitative estimate of drug-likeness (QED) is 0.301. The number of nitro benzene ring substituents is 1. The number of alkyl halides is 1. The molecule has 4 nitrogen and oxygen atoms in total. The van der Waals surface area contributed by atoms with Crippen LogP contribution in [-0.2, 0) is 0 Å². The minimum atomic E-state index is -0.489. The molecular weight excluding hydrogens is 358 g/mol. The largest absolute Gasteiger partial charge is 0.493 e. The number of halogens is 2. The summed E-state index contributed by atoms with van der Waals surface area (Å²) in [5.41, 5.74) is 0.0683. The number of benzene rings is 1. The van der Waals surface area contributed by atoms with Crippen LogP contribution < -0.4 is 4.74 Å². The third kappa shape index (κ3) is 4.33. The zero-order valence-corrected chi connectivity index (χ0v) is 14.2. The highest BCUT2D eigenvalue weighted by atomic mass is 79.9. The van der Waals surface area contributed by atoms with Crippen molar-refractivity contribution < 1.29 is 9.66 Å². The van der Waals surface area contributed by atoms with Crippen LogP contribution in [0.15, 0.2) is 18.2 Å². The Morgan fingerprint density at radius 2 is 1.95 bits per heavy atom. The second kappa shape index (κ2) is 7.45. The Labute approximate surface area is 138 Å². The lowest BCUT2D eigenvalue weighted by Gasteiger charge is -2.30. The van der Waals surface area contributed by atoms with Crippen LogP contribution in [0.4, 0.5) is 5.69 Å². The van der Waals surface area contributed by atoms with Gasteiger partial charge in [0.15, 0.2) is 0 Å². The minimum absolute atomic E-state index is 0.0892. The van der Waals surface area contributed by atoms with Crippen molar-refractivity contribution >= 4 is 33.2 Å². The van der Waals surface area contributed by atoms with E-state index in [1.807, 2.05) is 0 Å². The number of nitrogens with zero attached hydrogens (tertiary/aromatic N) is 1. The molecule has 0 spiro atoms. The Hall–Kier alpha value is -0.810. The Bertz CT molecular complexity index is 502. The minimum Gasteiger partial charge on any atom is -0.493 e. The van der Waals surface area contributed by atoms with E-state index >= 15 is 0 Å². The van der Waals surface area contributed by atoms with Crippen molar-refractivity contribution in [3.8, 4) is 5.75 Å². The molecule has 1 aliphatic carbocycles. The van der Waals surface area contributed by atoms with Gasteiger partial charge in [0.25, 0.3) is 5.69 Å². The van der Waals surface area contributed by atoms with Gasteiger partial charge >= 0.3 is 0 Å². The molecule has 0 amide bonds. The van der Waals surface area contributed by atoms with Crippen molar-refractivity contribution in [2.75, 3.05) is 11.9 Å². The van der Waals surface area contributed by atoms with E-state index in [0.29, 0.717) is 12.4 Å². The molecular formula is C15H19BrClNO3. The first kappa shape index (κ1) is 16.6. The van der Waals surface area contributed by atoms with Crippen molar-refractivity contribution in [1.82, 2.24) is 0 Å². The maximum absolute atomic E-state index is 10.7. The lowest BCUT2D eigenvalue weighted by Crippen LogP contribution is -2.29. The SMILES string of the molecule is O=[N+]([O-])c1ccc(OCC2(CBr)CCCCCC2)cc1Cl. The second-order valence-electron chi connectivity index (χ2n) is 5.71. The van der Waals surface area contributed by atoms with Gasteiger partial charge in [0.1, 0.15) is 10.8 Å². The zero-order chi connectivity index (χ0) is 15.3. The summed E-state index contributed by atoms with van der Waals surface area (Å²) in [6.45, 7) is 0.617. The van der Waals surface area contributed by atoms with Gasteiger partial charge < -0.3 is 4.74 Å². The molecule has 1 aliphatic rings. The predicted octanol–water partition coefficient (Wildman–Crippen LogP) is 5.36. The molecule has 2 rings (SSSR count). The van der Waals surface area contributed by atoms with Crippen LogP contribution in [0.25, 0.3) is 0 Å². The molecule has 1 aromatic carbocycles. The average Bonchev–Trinajstić information content (AvgIpc) is 2.71. The van der Waals surface area contributed by atoms with Gasteiger partial charge in [-0.05, 0) is 18.9 Å². The number of ether oxygens (including phenoxy) is 1. The van der Waals surface area contributed by atoms with E-state index in [9.17, 15) is 10.1 Å². The average molecular weight is 377 g/mol. The van der Waals surface area contributed by atoms with E-state index in [4.69, 9.17) is 16.3 Å². The summed E-state index contributed by atoms with van der Waals surface area (Å²) >= 11 is 9.54. The van der Waals surface area contributed by atoms with E-state index in [1.165, 1.54) is 37.8 Å². The maximum atomic E-state index is 10.7. The topological polar surface area (TPSA) is 52.4 Å². The van der Waals surface area contributed by atoms with Crippen molar-refractivity contribution in [2.45, 2.75) is 38.5 Å². The molecule has 0 atom stereocenters. The Morgan fingerprint density at radius 1 is 1.29 bits per heavy atom. The van der Waals surface area contributed by atoms with Gasteiger partial charge in [-0.2, -0.15) is 0 Å². The number of rotatable bonds is 5. The van der Waals surface area contributed by atoms with Gasteiger partial charge in [-0.1, -0.05) is 53.2 Å². The van der Waals surface area contributed by atoms with Gasteiger partial charge in [0.2, 0.25) is 0 Å². The van der Waals surface area contributed by atoms with Crippen LogP contribution in [0.1, 0.15) is 38.5 Å². The zero-order valence-electron chi connectivity index (χ0n) is 11.8.